The fourth-order valence-corrected chi connectivity index (χ4v) is 5.04. The number of carbonyl (C=O) groups excluding carboxylic acids is 1. The molecule has 158 valence electrons. The molecule has 2 rings (SSSR count). The Bertz CT molecular complexity index is 767. The molecule has 0 spiro atoms. The van der Waals surface area contributed by atoms with Crippen LogP contribution in [0.4, 0.5) is 0 Å². The minimum absolute atomic E-state index is 0.0390. The molecule has 1 saturated heterocycles. The Morgan fingerprint density at radius 1 is 1.21 bits per heavy atom. The summed E-state index contributed by atoms with van der Waals surface area (Å²) in [5.41, 5.74) is 0.957. The van der Waals surface area contributed by atoms with E-state index in [0.717, 1.165) is 12.0 Å². The topological polar surface area (TPSA) is 75.7 Å². The van der Waals surface area contributed by atoms with Crippen LogP contribution in [0.1, 0.15) is 58.4 Å². The normalized spacial score (nSPS) is 16.5. The molecule has 0 aromatic heterocycles. The first-order valence-electron chi connectivity index (χ1n) is 10.1. The van der Waals surface area contributed by atoms with Gasteiger partial charge in [-0.05, 0) is 48.8 Å². The second-order valence-corrected chi connectivity index (χ2v) is 10.1. The molecule has 1 heterocycles. The number of nitrogens with zero attached hydrogens (tertiary/aromatic N) is 1. The quantitative estimate of drug-likeness (QED) is 0.713. The fraction of sp³-hybridized carbons (Fsp3) is 0.667. The van der Waals surface area contributed by atoms with Gasteiger partial charge in [-0.1, -0.05) is 33.8 Å². The van der Waals surface area contributed by atoms with Crippen LogP contribution in [0.15, 0.2) is 23.1 Å². The van der Waals surface area contributed by atoms with Crippen LogP contribution in [0.3, 0.4) is 0 Å². The summed E-state index contributed by atoms with van der Waals surface area (Å²) in [5.74, 6) is 1.04. The van der Waals surface area contributed by atoms with E-state index in [2.05, 4.69) is 19.2 Å². The van der Waals surface area contributed by atoms with Gasteiger partial charge in [-0.2, -0.15) is 4.31 Å². The number of piperidine rings is 1. The molecule has 1 amide bonds. The first kappa shape index (κ1) is 22.7. The summed E-state index contributed by atoms with van der Waals surface area (Å²) in [6.45, 7) is 9.67. The highest BCUT2D eigenvalue weighted by Crippen LogP contribution is 2.32. The van der Waals surface area contributed by atoms with Gasteiger partial charge in [0.25, 0.3) is 0 Å². The SMILES string of the molecule is COc1ccc(C(C)C)cc1S(=O)(=O)N1CCC(C(=O)NCCC(C)C)CC1. The molecule has 1 aromatic carbocycles. The third-order valence-electron chi connectivity index (χ3n) is 5.32. The largest absolute Gasteiger partial charge is 0.495 e. The van der Waals surface area contributed by atoms with Gasteiger partial charge in [0.05, 0.1) is 7.11 Å². The fourth-order valence-electron chi connectivity index (χ4n) is 3.38. The van der Waals surface area contributed by atoms with Gasteiger partial charge in [0, 0.05) is 25.6 Å². The average molecular weight is 411 g/mol. The lowest BCUT2D eigenvalue weighted by Gasteiger charge is -2.31. The van der Waals surface area contributed by atoms with E-state index < -0.39 is 10.0 Å². The van der Waals surface area contributed by atoms with E-state index in [1.54, 1.807) is 12.1 Å². The maximum atomic E-state index is 13.2. The predicted octanol–water partition coefficient (Wildman–Crippen LogP) is 3.38. The predicted molar refractivity (Wildman–Crippen MR) is 111 cm³/mol. The molecule has 0 saturated carbocycles. The zero-order chi connectivity index (χ0) is 20.9. The summed E-state index contributed by atoms with van der Waals surface area (Å²) in [6, 6.07) is 5.33. The van der Waals surface area contributed by atoms with Gasteiger partial charge < -0.3 is 10.1 Å². The van der Waals surface area contributed by atoms with Crippen molar-refractivity contribution in [2.75, 3.05) is 26.7 Å². The smallest absolute Gasteiger partial charge is 0.246 e. The highest BCUT2D eigenvalue weighted by Gasteiger charge is 2.33. The Hall–Kier alpha value is -1.60. The van der Waals surface area contributed by atoms with E-state index in [9.17, 15) is 13.2 Å². The second kappa shape index (κ2) is 9.74. The number of methoxy groups -OCH3 is 1. The van der Waals surface area contributed by atoms with Crippen LogP contribution in [0.25, 0.3) is 0 Å². The lowest BCUT2D eigenvalue weighted by atomic mass is 9.97. The average Bonchev–Trinajstić information content (AvgIpc) is 2.67. The van der Waals surface area contributed by atoms with Crippen molar-refractivity contribution in [1.82, 2.24) is 9.62 Å². The summed E-state index contributed by atoms with van der Waals surface area (Å²) in [5, 5.41) is 2.98. The van der Waals surface area contributed by atoms with E-state index >= 15 is 0 Å². The number of rotatable bonds is 8. The van der Waals surface area contributed by atoms with Crippen molar-refractivity contribution in [3.63, 3.8) is 0 Å². The molecule has 6 nitrogen and oxygen atoms in total. The number of hydrogen-bond donors (Lipinski definition) is 1. The molecule has 1 fully saturated rings. The zero-order valence-electron chi connectivity index (χ0n) is 17.7. The van der Waals surface area contributed by atoms with Crippen LogP contribution in [0.2, 0.25) is 0 Å². The third-order valence-corrected chi connectivity index (χ3v) is 7.24. The molecule has 0 radical (unpaired) electrons. The molecular formula is C21H34N2O4S. The Morgan fingerprint density at radius 3 is 2.39 bits per heavy atom. The van der Waals surface area contributed by atoms with Crippen molar-refractivity contribution in [3.8, 4) is 5.75 Å². The Balaban J connectivity index is 2.07. The van der Waals surface area contributed by atoms with Crippen LogP contribution in [-0.2, 0) is 14.8 Å². The van der Waals surface area contributed by atoms with Crippen molar-refractivity contribution in [2.24, 2.45) is 11.8 Å². The van der Waals surface area contributed by atoms with Gasteiger partial charge in [0.15, 0.2) is 0 Å². The van der Waals surface area contributed by atoms with Crippen LogP contribution in [0, 0.1) is 11.8 Å². The monoisotopic (exact) mass is 410 g/mol. The van der Waals surface area contributed by atoms with Crippen molar-refractivity contribution in [1.29, 1.82) is 0 Å². The minimum Gasteiger partial charge on any atom is -0.495 e. The number of ether oxygens (including phenoxy) is 1. The van der Waals surface area contributed by atoms with Gasteiger partial charge in [-0.3, -0.25) is 4.79 Å². The van der Waals surface area contributed by atoms with Gasteiger partial charge in [-0.25, -0.2) is 8.42 Å². The van der Waals surface area contributed by atoms with E-state index in [1.165, 1.54) is 11.4 Å². The summed E-state index contributed by atoms with van der Waals surface area (Å²) >= 11 is 0. The van der Waals surface area contributed by atoms with Crippen molar-refractivity contribution in [3.05, 3.63) is 23.8 Å². The summed E-state index contributed by atoms with van der Waals surface area (Å²) in [7, 11) is -2.18. The second-order valence-electron chi connectivity index (χ2n) is 8.22. The Labute approximate surface area is 169 Å². The number of nitrogens with one attached hydrogen (secondary N) is 1. The summed E-state index contributed by atoms with van der Waals surface area (Å²) in [6.07, 6.45) is 2.03. The van der Waals surface area contributed by atoms with Crippen LogP contribution < -0.4 is 10.1 Å². The van der Waals surface area contributed by atoms with Gasteiger partial charge in [0.2, 0.25) is 15.9 Å². The Morgan fingerprint density at radius 2 is 1.86 bits per heavy atom. The molecular weight excluding hydrogens is 376 g/mol. The van der Waals surface area contributed by atoms with Crippen molar-refractivity contribution >= 4 is 15.9 Å². The molecule has 0 unspecified atom stereocenters. The van der Waals surface area contributed by atoms with Crippen molar-refractivity contribution < 1.29 is 17.9 Å². The third kappa shape index (κ3) is 5.47. The van der Waals surface area contributed by atoms with Crippen LogP contribution in [0.5, 0.6) is 5.75 Å². The van der Waals surface area contributed by atoms with Gasteiger partial charge in [-0.15, -0.1) is 0 Å². The van der Waals surface area contributed by atoms with E-state index in [-0.39, 0.29) is 22.6 Å². The molecule has 7 heteroatoms. The van der Waals surface area contributed by atoms with Gasteiger partial charge >= 0.3 is 0 Å². The molecule has 0 bridgehead atoms. The highest BCUT2D eigenvalue weighted by atomic mass is 32.2. The molecule has 1 N–H and O–H groups in total. The Kier molecular flexibility index (Phi) is 7.89. The maximum absolute atomic E-state index is 13.2. The molecule has 28 heavy (non-hydrogen) atoms. The standard InChI is InChI=1S/C21H34N2O4S/c1-15(2)8-11-22-21(24)17-9-12-23(13-10-17)28(25,26)20-14-18(16(3)4)6-7-19(20)27-5/h6-7,14-17H,8-13H2,1-5H3,(H,22,24). The number of hydrogen-bond acceptors (Lipinski definition) is 4. The zero-order valence-corrected chi connectivity index (χ0v) is 18.5. The first-order valence-corrected chi connectivity index (χ1v) is 11.6. The number of sulfonamides is 1. The number of benzene rings is 1. The first-order chi connectivity index (χ1) is 13.2. The van der Waals surface area contributed by atoms with Crippen molar-refractivity contribution in [2.45, 2.75) is 57.8 Å². The summed E-state index contributed by atoms with van der Waals surface area (Å²) in [4.78, 5) is 12.5. The van der Waals surface area contributed by atoms with E-state index in [0.29, 0.717) is 44.1 Å². The number of amides is 1. The van der Waals surface area contributed by atoms with Gasteiger partial charge in [0.1, 0.15) is 10.6 Å². The van der Waals surface area contributed by atoms with Crippen LogP contribution >= 0.6 is 0 Å². The lowest BCUT2D eigenvalue weighted by molar-refractivity contribution is -0.126. The minimum atomic E-state index is -3.66. The highest BCUT2D eigenvalue weighted by molar-refractivity contribution is 7.89. The molecule has 1 aromatic rings. The molecule has 1 aliphatic heterocycles. The van der Waals surface area contributed by atoms with E-state index in [4.69, 9.17) is 4.74 Å². The molecule has 0 atom stereocenters. The van der Waals surface area contributed by atoms with Crippen LogP contribution in [-0.4, -0.2) is 45.4 Å². The maximum Gasteiger partial charge on any atom is 0.246 e. The molecule has 0 aliphatic carbocycles. The molecule has 1 aliphatic rings. The number of carbonyl (C=O) groups is 1. The summed E-state index contributed by atoms with van der Waals surface area (Å²) < 4.78 is 33.2. The van der Waals surface area contributed by atoms with E-state index in [1.807, 2.05) is 19.9 Å². The lowest BCUT2D eigenvalue weighted by Crippen LogP contribution is -2.43.